The fourth-order valence-electron chi connectivity index (χ4n) is 3.84. The Morgan fingerprint density at radius 1 is 0.774 bits per heavy atom. The van der Waals surface area contributed by atoms with Crippen LogP contribution >= 0.6 is 0 Å². The van der Waals surface area contributed by atoms with Crippen molar-refractivity contribution >= 4 is 10.9 Å². The lowest BCUT2D eigenvalue weighted by molar-refractivity contribution is 0.498. The van der Waals surface area contributed by atoms with Crippen LogP contribution in [0, 0.1) is 11.6 Å². The second kappa shape index (κ2) is 8.19. The molecule has 0 saturated carbocycles. The monoisotopic (exact) mass is 414 g/mol. The fourth-order valence-corrected chi connectivity index (χ4v) is 3.84. The molecule has 0 aliphatic carbocycles. The summed E-state index contributed by atoms with van der Waals surface area (Å²) < 4.78 is 32.9. The first kappa shape index (κ1) is 19.2. The fraction of sp³-hybridized carbons (Fsp3) is 0.115. The van der Waals surface area contributed by atoms with E-state index in [1.54, 1.807) is 24.3 Å². The topological polar surface area (TPSA) is 41.8 Å². The molecule has 0 fully saturated rings. The van der Waals surface area contributed by atoms with Crippen LogP contribution in [0.4, 0.5) is 8.78 Å². The summed E-state index contributed by atoms with van der Waals surface area (Å²) in [5.74, 6) is 0.548. The Morgan fingerprint density at radius 2 is 1.45 bits per heavy atom. The minimum atomic E-state index is -0.314. The zero-order valence-electron chi connectivity index (χ0n) is 16.7. The van der Waals surface area contributed by atoms with Gasteiger partial charge in [0.1, 0.15) is 17.3 Å². The van der Waals surface area contributed by atoms with Crippen molar-refractivity contribution in [2.75, 3.05) is 0 Å². The molecule has 1 N–H and O–H groups in total. The Morgan fingerprint density at radius 3 is 2.19 bits per heavy atom. The number of para-hydroxylation sites is 1. The van der Waals surface area contributed by atoms with Crippen LogP contribution in [0.1, 0.15) is 17.9 Å². The summed E-state index contributed by atoms with van der Waals surface area (Å²) in [6.07, 6.45) is 4.47. The van der Waals surface area contributed by atoms with Gasteiger partial charge in [0.05, 0.1) is 0 Å². The molecule has 0 radical (unpaired) electrons. The lowest BCUT2D eigenvalue weighted by atomic mass is 10.1. The highest BCUT2D eigenvalue weighted by atomic mass is 19.1. The van der Waals surface area contributed by atoms with Crippen LogP contribution < -0.4 is 0 Å². The van der Waals surface area contributed by atoms with Crippen LogP contribution in [-0.2, 0) is 12.8 Å². The van der Waals surface area contributed by atoms with Gasteiger partial charge in [-0.1, -0.05) is 18.2 Å². The molecule has 0 aliphatic heterocycles. The number of hydrogen-bond acceptors (Lipinski definition) is 2. The van der Waals surface area contributed by atoms with Gasteiger partial charge in [0, 0.05) is 34.6 Å². The van der Waals surface area contributed by atoms with Crippen molar-refractivity contribution in [2.45, 2.75) is 19.3 Å². The number of aromatic nitrogens is 2. The molecule has 31 heavy (non-hydrogen) atoms. The Balaban J connectivity index is 1.41. The summed E-state index contributed by atoms with van der Waals surface area (Å²) in [7, 11) is 0. The number of hydrogen-bond donors (Lipinski definition) is 1. The number of nitrogens with one attached hydrogen (secondary N) is 1. The molecular formula is C26H20F2N2O. The molecule has 0 unspecified atom stereocenters. The normalized spacial score (nSPS) is 11.3. The third-order valence-electron chi connectivity index (χ3n) is 5.41. The number of fused-ring (bicyclic) bond motifs is 1. The molecule has 5 rings (SSSR count). The van der Waals surface area contributed by atoms with Crippen LogP contribution in [0.5, 0.6) is 0 Å². The van der Waals surface area contributed by atoms with E-state index in [1.165, 1.54) is 35.2 Å². The van der Waals surface area contributed by atoms with Crippen LogP contribution in [-0.4, -0.2) is 9.97 Å². The standard InChI is InChI=1S/C26H20F2N2O/c27-20-12-8-17(9-13-20)25-26(18-10-14-21(28)15-11-18)31-24(30-25)7-3-4-19-16-29-23-6-2-1-5-22(19)23/h1-2,5-6,8-16,29H,3-4,7H2. The van der Waals surface area contributed by atoms with Gasteiger partial charge < -0.3 is 9.40 Å². The maximum absolute atomic E-state index is 13.4. The number of halogens is 2. The summed E-state index contributed by atoms with van der Waals surface area (Å²) in [6.45, 7) is 0. The molecule has 2 heterocycles. The SMILES string of the molecule is Fc1ccc(-c2nc(CCCc3c[nH]c4ccccc34)oc2-c2ccc(F)cc2)cc1. The summed E-state index contributed by atoms with van der Waals surface area (Å²) in [5.41, 5.74) is 4.52. The maximum Gasteiger partial charge on any atom is 0.195 e. The first-order chi connectivity index (χ1) is 15.2. The van der Waals surface area contributed by atoms with E-state index < -0.39 is 0 Å². The highest BCUT2D eigenvalue weighted by Crippen LogP contribution is 2.33. The molecule has 0 saturated heterocycles. The number of aromatic amines is 1. The van der Waals surface area contributed by atoms with Gasteiger partial charge in [0.2, 0.25) is 0 Å². The summed E-state index contributed by atoms with van der Waals surface area (Å²) in [4.78, 5) is 8.00. The first-order valence-corrected chi connectivity index (χ1v) is 10.2. The third-order valence-corrected chi connectivity index (χ3v) is 5.41. The zero-order chi connectivity index (χ0) is 21.2. The zero-order valence-corrected chi connectivity index (χ0v) is 16.7. The molecule has 0 bridgehead atoms. The highest BCUT2D eigenvalue weighted by Gasteiger charge is 2.17. The van der Waals surface area contributed by atoms with E-state index in [0.717, 1.165) is 29.5 Å². The van der Waals surface area contributed by atoms with E-state index in [2.05, 4.69) is 17.1 Å². The molecule has 3 nitrogen and oxygen atoms in total. The lowest BCUT2D eigenvalue weighted by Crippen LogP contribution is -1.90. The minimum Gasteiger partial charge on any atom is -0.440 e. The van der Waals surface area contributed by atoms with Crippen molar-refractivity contribution in [3.63, 3.8) is 0 Å². The Labute approximate surface area is 178 Å². The molecule has 5 heteroatoms. The summed E-state index contributed by atoms with van der Waals surface area (Å²) >= 11 is 0. The first-order valence-electron chi connectivity index (χ1n) is 10.2. The molecule has 0 atom stereocenters. The molecule has 0 amide bonds. The van der Waals surface area contributed by atoms with E-state index in [9.17, 15) is 8.78 Å². The average Bonchev–Trinajstić information content (AvgIpc) is 3.40. The number of H-pyrrole nitrogens is 1. The minimum absolute atomic E-state index is 0.311. The molecule has 2 aromatic heterocycles. The van der Waals surface area contributed by atoms with Gasteiger partial charge in [-0.3, -0.25) is 0 Å². The molecule has 0 spiro atoms. The molecule has 154 valence electrons. The number of nitrogens with zero attached hydrogens (tertiary/aromatic N) is 1. The van der Waals surface area contributed by atoms with Crippen molar-refractivity contribution in [3.8, 4) is 22.6 Å². The molecular weight excluding hydrogens is 394 g/mol. The van der Waals surface area contributed by atoms with Gasteiger partial charge in [-0.25, -0.2) is 13.8 Å². The lowest BCUT2D eigenvalue weighted by Gasteiger charge is -2.01. The quantitative estimate of drug-likeness (QED) is 0.327. The summed E-state index contributed by atoms with van der Waals surface area (Å²) in [6, 6.07) is 20.5. The van der Waals surface area contributed by atoms with Gasteiger partial charge in [-0.2, -0.15) is 0 Å². The van der Waals surface area contributed by atoms with Gasteiger partial charge in [-0.05, 0) is 73.0 Å². The molecule has 5 aromatic rings. The van der Waals surface area contributed by atoms with Gasteiger partial charge in [0.25, 0.3) is 0 Å². The van der Waals surface area contributed by atoms with Crippen molar-refractivity contribution in [1.82, 2.24) is 9.97 Å². The van der Waals surface area contributed by atoms with Crippen molar-refractivity contribution in [1.29, 1.82) is 0 Å². The number of rotatable bonds is 6. The number of benzene rings is 3. The largest absolute Gasteiger partial charge is 0.440 e. The van der Waals surface area contributed by atoms with Gasteiger partial charge in [0.15, 0.2) is 11.7 Å². The average molecular weight is 414 g/mol. The van der Waals surface area contributed by atoms with Gasteiger partial charge >= 0.3 is 0 Å². The second-order valence-corrected chi connectivity index (χ2v) is 7.51. The van der Waals surface area contributed by atoms with Crippen molar-refractivity contribution in [3.05, 3.63) is 102 Å². The van der Waals surface area contributed by atoms with E-state index in [1.807, 2.05) is 18.3 Å². The van der Waals surface area contributed by atoms with Gasteiger partial charge in [-0.15, -0.1) is 0 Å². The number of aryl methyl sites for hydroxylation is 2. The van der Waals surface area contributed by atoms with E-state index in [-0.39, 0.29) is 11.6 Å². The summed E-state index contributed by atoms with van der Waals surface area (Å²) in [5, 5.41) is 1.23. The van der Waals surface area contributed by atoms with Crippen molar-refractivity contribution in [2.24, 2.45) is 0 Å². The third kappa shape index (κ3) is 3.99. The van der Waals surface area contributed by atoms with Crippen LogP contribution in [0.2, 0.25) is 0 Å². The maximum atomic E-state index is 13.4. The van der Waals surface area contributed by atoms with Crippen LogP contribution in [0.3, 0.4) is 0 Å². The molecule has 0 aliphatic rings. The van der Waals surface area contributed by atoms with Crippen LogP contribution in [0.15, 0.2) is 83.4 Å². The highest BCUT2D eigenvalue weighted by molar-refractivity contribution is 5.83. The molecule has 3 aromatic carbocycles. The Bertz CT molecular complexity index is 1260. The number of oxazole rings is 1. The van der Waals surface area contributed by atoms with Crippen LogP contribution in [0.25, 0.3) is 33.5 Å². The predicted octanol–water partition coefficient (Wildman–Crippen LogP) is 6.94. The Hall–Kier alpha value is -3.73. The Kier molecular flexibility index (Phi) is 5.08. The van der Waals surface area contributed by atoms with Crippen molar-refractivity contribution < 1.29 is 13.2 Å². The van der Waals surface area contributed by atoms with E-state index >= 15 is 0 Å². The predicted molar refractivity (Wildman–Crippen MR) is 118 cm³/mol. The van der Waals surface area contributed by atoms with E-state index in [4.69, 9.17) is 9.40 Å². The van der Waals surface area contributed by atoms with E-state index in [0.29, 0.717) is 23.8 Å². The second-order valence-electron chi connectivity index (χ2n) is 7.51. The smallest absolute Gasteiger partial charge is 0.195 e.